The minimum atomic E-state index is 1.25. The summed E-state index contributed by atoms with van der Waals surface area (Å²) < 4.78 is 2.67. The highest BCUT2D eigenvalue weighted by atomic mass is 32.1. The van der Waals surface area contributed by atoms with E-state index in [9.17, 15) is 0 Å². The second-order valence-electron chi connectivity index (χ2n) is 10.1. The van der Waals surface area contributed by atoms with Crippen molar-refractivity contribution in [2.75, 3.05) is 0 Å². The Morgan fingerprint density at radius 3 is 1.51 bits per heavy atom. The van der Waals surface area contributed by atoms with E-state index in [4.69, 9.17) is 0 Å². The number of fused-ring (bicyclic) bond motifs is 5. The molecule has 0 bridgehead atoms. The highest BCUT2D eigenvalue weighted by Gasteiger charge is 2.19. The van der Waals surface area contributed by atoms with Crippen LogP contribution in [0.5, 0.6) is 0 Å². The van der Waals surface area contributed by atoms with Crippen LogP contribution in [-0.2, 0) is 0 Å². The fourth-order valence-electron chi connectivity index (χ4n) is 6.14. The minimum absolute atomic E-state index is 1.25. The Morgan fingerprint density at radius 2 is 0.872 bits per heavy atom. The molecule has 0 aliphatic carbocycles. The third-order valence-corrected chi connectivity index (χ3v) is 9.09. The predicted octanol–water partition coefficient (Wildman–Crippen LogP) is 11.4. The van der Waals surface area contributed by atoms with Crippen molar-refractivity contribution in [1.82, 2.24) is 0 Å². The first-order valence-corrected chi connectivity index (χ1v) is 14.2. The smallest absolute Gasteiger partial charge is 0.0434 e. The highest BCUT2D eigenvalue weighted by molar-refractivity contribution is 7.26. The summed E-state index contributed by atoms with van der Waals surface area (Å²) in [5, 5.41) is 7.83. The van der Waals surface area contributed by atoms with Crippen LogP contribution < -0.4 is 0 Å². The van der Waals surface area contributed by atoms with Gasteiger partial charge in [0, 0.05) is 25.7 Å². The van der Waals surface area contributed by atoms with Gasteiger partial charge < -0.3 is 0 Å². The molecule has 0 fully saturated rings. The maximum atomic E-state index is 2.36. The Kier molecular flexibility index (Phi) is 5.11. The normalized spacial score (nSPS) is 11.6. The lowest BCUT2D eigenvalue weighted by atomic mass is 9.86. The van der Waals surface area contributed by atoms with E-state index >= 15 is 0 Å². The quantitative estimate of drug-likeness (QED) is 0.207. The van der Waals surface area contributed by atoms with Crippen molar-refractivity contribution in [3.05, 3.63) is 146 Å². The Balaban J connectivity index is 1.47. The van der Waals surface area contributed by atoms with E-state index in [1.54, 1.807) is 0 Å². The van der Waals surface area contributed by atoms with Crippen molar-refractivity contribution in [2.24, 2.45) is 0 Å². The van der Waals surface area contributed by atoms with E-state index in [0.717, 1.165) is 0 Å². The maximum Gasteiger partial charge on any atom is 0.0434 e. The summed E-state index contributed by atoms with van der Waals surface area (Å²) in [6, 6.07) is 53.1. The van der Waals surface area contributed by atoms with Gasteiger partial charge in [0.2, 0.25) is 0 Å². The van der Waals surface area contributed by atoms with Gasteiger partial charge in [0.25, 0.3) is 0 Å². The Bertz CT molecular complexity index is 2090. The van der Waals surface area contributed by atoms with E-state index in [-0.39, 0.29) is 0 Å². The fourth-order valence-corrected chi connectivity index (χ4v) is 7.34. The zero-order valence-electron chi connectivity index (χ0n) is 21.3. The molecule has 8 aromatic rings. The average Bonchev–Trinajstić information content (AvgIpc) is 3.39. The van der Waals surface area contributed by atoms with Gasteiger partial charge in [-0.05, 0) is 61.5 Å². The molecule has 0 amide bonds. The summed E-state index contributed by atoms with van der Waals surface area (Å²) in [4.78, 5) is 0. The molecular formula is C38H24S. The first kappa shape index (κ1) is 22.3. The first-order valence-electron chi connectivity index (χ1n) is 13.4. The van der Waals surface area contributed by atoms with Crippen LogP contribution in [0.3, 0.4) is 0 Å². The molecule has 1 heterocycles. The van der Waals surface area contributed by atoms with E-state index in [1.165, 1.54) is 75.1 Å². The van der Waals surface area contributed by atoms with Crippen LogP contribution in [0.4, 0.5) is 0 Å². The molecule has 1 aromatic heterocycles. The summed E-state index contributed by atoms with van der Waals surface area (Å²) in [5.74, 6) is 0. The lowest BCUT2D eigenvalue weighted by Gasteiger charge is -2.18. The van der Waals surface area contributed by atoms with Gasteiger partial charge in [-0.25, -0.2) is 0 Å². The lowest BCUT2D eigenvalue weighted by molar-refractivity contribution is 1.66. The third-order valence-electron chi connectivity index (χ3n) is 7.87. The number of hydrogen-bond acceptors (Lipinski definition) is 1. The molecule has 1 heteroatoms. The summed E-state index contributed by atoms with van der Waals surface area (Å²) >= 11 is 1.90. The van der Waals surface area contributed by atoms with Crippen LogP contribution in [-0.4, -0.2) is 0 Å². The third kappa shape index (κ3) is 3.51. The van der Waals surface area contributed by atoms with Crippen molar-refractivity contribution in [3.63, 3.8) is 0 Å². The topological polar surface area (TPSA) is 0 Å². The number of benzene rings is 7. The van der Waals surface area contributed by atoms with Gasteiger partial charge in [0.15, 0.2) is 0 Å². The van der Waals surface area contributed by atoms with E-state index in [1.807, 2.05) is 11.3 Å². The molecule has 7 aromatic carbocycles. The second kappa shape index (κ2) is 8.94. The van der Waals surface area contributed by atoms with Crippen LogP contribution >= 0.6 is 11.3 Å². The summed E-state index contributed by atoms with van der Waals surface area (Å²) in [5.41, 5.74) is 7.70. The zero-order chi connectivity index (χ0) is 25.8. The molecule has 0 aliphatic heterocycles. The molecule has 0 unspecified atom stereocenters. The van der Waals surface area contributed by atoms with Gasteiger partial charge in [-0.1, -0.05) is 133 Å². The Morgan fingerprint density at radius 1 is 0.333 bits per heavy atom. The first-order chi connectivity index (χ1) is 19.4. The van der Waals surface area contributed by atoms with Crippen LogP contribution in [0, 0.1) is 0 Å². The van der Waals surface area contributed by atoms with Gasteiger partial charge in [-0.3, -0.25) is 0 Å². The summed E-state index contributed by atoms with van der Waals surface area (Å²) in [6.45, 7) is 0. The van der Waals surface area contributed by atoms with Gasteiger partial charge in [0.05, 0.1) is 0 Å². The zero-order valence-corrected chi connectivity index (χ0v) is 22.1. The second-order valence-corrected chi connectivity index (χ2v) is 11.1. The molecular weight excluding hydrogens is 488 g/mol. The Hall–Kier alpha value is -4.72. The number of thiophene rings is 1. The molecule has 0 atom stereocenters. The van der Waals surface area contributed by atoms with Gasteiger partial charge >= 0.3 is 0 Å². The molecule has 8 rings (SSSR count). The summed E-state index contributed by atoms with van der Waals surface area (Å²) in [7, 11) is 0. The highest BCUT2D eigenvalue weighted by Crippen LogP contribution is 2.48. The summed E-state index contributed by atoms with van der Waals surface area (Å²) in [6.07, 6.45) is 0. The monoisotopic (exact) mass is 512 g/mol. The molecule has 0 aliphatic rings. The molecule has 0 radical (unpaired) electrons. The Labute approximate surface area is 231 Å². The van der Waals surface area contributed by atoms with Crippen LogP contribution in [0.2, 0.25) is 0 Å². The van der Waals surface area contributed by atoms with Crippen LogP contribution in [0.15, 0.2) is 146 Å². The van der Waals surface area contributed by atoms with E-state index in [0.29, 0.717) is 0 Å². The predicted molar refractivity (Wildman–Crippen MR) is 171 cm³/mol. The molecule has 0 saturated heterocycles. The van der Waals surface area contributed by atoms with E-state index in [2.05, 4.69) is 146 Å². The van der Waals surface area contributed by atoms with Gasteiger partial charge in [-0.2, -0.15) is 0 Å². The van der Waals surface area contributed by atoms with Crippen molar-refractivity contribution in [1.29, 1.82) is 0 Å². The molecule has 0 saturated carbocycles. The van der Waals surface area contributed by atoms with Gasteiger partial charge in [0.1, 0.15) is 0 Å². The minimum Gasteiger partial charge on any atom is -0.135 e. The van der Waals surface area contributed by atoms with Crippen LogP contribution in [0.1, 0.15) is 0 Å². The standard InChI is InChI=1S/C38H24S/c1-3-12-25(13-4-1)27-22-23-35-34(24-27)32-20-11-21-33(38(32)39-35)37-30-18-9-7-16-28(30)36(26-14-5-2-6-15-26)29-17-8-10-19-31(29)37/h1-24H. The lowest BCUT2D eigenvalue weighted by Crippen LogP contribution is -1.90. The van der Waals surface area contributed by atoms with Crippen molar-refractivity contribution >= 4 is 53.1 Å². The number of rotatable bonds is 3. The molecule has 0 spiro atoms. The van der Waals surface area contributed by atoms with E-state index < -0.39 is 0 Å². The fraction of sp³-hybridized carbons (Fsp3) is 0. The molecule has 0 N–H and O–H groups in total. The van der Waals surface area contributed by atoms with Crippen molar-refractivity contribution in [2.45, 2.75) is 0 Å². The molecule has 0 nitrogen and oxygen atoms in total. The number of hydrogen-bond donors (Lipinski definition) is 0. The maximum absolute atomic E-state index is 2.36. The molecule has 39 heavy (non-hydrogen) atoms. The van der Waals surface area contributed by atoms with Gasteiger partial charge in [-0.15, -0.1) is 11.3 Å². The largest absolute Gasteiger partial charge is 0.135 e. The molecule has 182 valence electrons. The van der Waals surface area contributed by atoms with Crippen LogP contribution in [0.25, 0.3) is 75.1 Å². The van der Waals surface area contributed by atoms with Crippen molar-refractivity contribution < 1.29 is 0 Å². The average molecular weight is 513 g/mol. The van der Waals surface area contributed by atoms with Crippen molar-refractivity contribution in [3.8, 4) is 33.4 Å². The SMILES string of the molecule is c1ccc(-c2ccc3sc4c(-c5c6ccccc6c(-c6ccccc6)c6ccccc56)cccc4c3c2)cc1.